The predicted molar refractivity (Wildman–Crippen MR) is 62.9 cm³/mol. The monoisotopic (exact) mass is 209 g/mol. The summed E-state index contributed by atoms with van der Waals surface area (Å²) in [5.41, 5.74) is 3.22. The highest BCUT2D eigenvalue weighted by Gasteiger charge is 2.14. The molecule has 1 heterocycles. The van der Waals surface area contributed by atoms with Crippen LogP contribution in [0.2, 0.25) is 0 Å². The minimum Gasteiger partial charge on any atom is -0.310 e. The van der Waals surface area contributed by atoms with Crippen molar-refractivity contribution in [3.8, 4) is 0 Å². The summed E-state index contributed by atoms with van der Waals surface area (Å²) in [5, 5.41) is 5.86. The van der Waals surface area contributed by atoms with Crippen molar-refractivity contribution in [2.24, 2.45) is 0 Å². The zero-order chi connectivity index (χ0) is 9.97. The quantitative estimate of drug-likeness (QED) is 0.806. The minimum atomic E-state index is 0.592. The summed E-state index contributed by atoms with van der Waals surface area (Å²) in [6.45, 7) is 5.47. The molecule has 0 unspecified atom stereocenters. The Morgan fingerprint density at radius 3 is 2.93 bits per heavy atom. The Balaban J connectivity index is 2.06. The van der Waals surface area contributed by atoms with E-state index >= 15 is 0 Å². The number of aryl methyl sites for hydroxylation is 1. The second-order valence-electron chi connectivity index (χ2n) is 4.41. The molecule has 0 aromatic carbocycles. The number of hydrogen-bond acceptors (Lipinski definition) is 2. The first-order chi connectivity index (χ1) is 6.77. The van der Waals surface area contributed by atoms with Crippen molar-refractivity contribution in [1.82, 2.24) is 5.32 Å². The smallest absolute Gasteiger partial charge is 0.0218 e. The summed E-state index contributed by atoms with van der Waals surface area (Å²) in [6.07, 6.45) is 5.42. The van der Waals surface area contributed by atoms with Crippen molar-refractivity contribution >= 4 is 11.3 Å². The van der Waals surface area contributed by atoms with Gasteiger partial charge in [0.1, 0.15) is 0 Å². The summed E-state index contributed by atoms with van der Waals surface area (Å²) in [6, 6.07) is 0.592. The van der Waals surface area contributed by atoms with Crippen LogP contribution in [0.5, 0.6) is 0 Å². The van der Waals surface area contributed by atoms with Crippen LogP contribution in [0.1, 0.15) is 42.7 Å². The van der Waals surface area contributed by atoms with Gasteiger partial charge in [0.15, 0.2) is 0 Å². The average Bonchev–Trinajstić information content (AvgIpc) is 2.58. The third-order valence-electron chi connectivity index (χ3n) is 2.85. The first kappa shape index (κ1) is 10.2. The zero-order valence-corrected chi connectivity index (χ0v) is 9.91. The van der Waals surface area contributed by atoms with Gasteiger partial charge >= 0.3 is 0 Å². The highest BCUT2D eigenvalue weighted by molar-refractivity contribution is 7.10. The Bertz CT molecular complexity index is 301. The molecule has 1 aliphatic carbocycles. The van der Waals surface area contributed by atoms with Gasteiger partial charge in [0, 0.05) is 17.5 Å². The fourth-order valence-corrected chi connectivity index (χ4v) is 3.17. The first-order valence-electron chi connectivity index (χ1n) is 5.59. The molecule has 1 aliphatic rings. The maximum Gasteiger partial charge on any atom is 0.0218 e. The molecule has 0 spiro atoms. The lowest BCUT2D eigenvalue weighted by Gasteiger charge is -2.14. The molecule has 0 bridgehead atoms. The Labute approximate surface area is 90.5 Å². The van der Waals surface area contributed by atoms with E-state index in [-0.39, 0.29) is 0 Å². The van der Waals surface area contributed by atoms with E-state index in [9.17, 15) is 0 Å². The molecular formula is C12H19NS. The molecule has 1 aromatic rings. The van der Waals surface area contributed by atoms with Crippen LogP contribution in [0, 0.1) is 0 Å². The van der Waals surface area contributed by atoms with Gasteiger partial charge in [-0.15, -0.1) is 11.3 Å². The largest absolute Gasteiger partial charge is 0.310 e. The number of hydrogen-bond donors (Lipinski definition) is 1. The van der Waals surface area contributed by atoms with Gasteiger partial charge in [-0.05, 0) is 42.2 Å². The lowest BCUT2D eigenvalue weighted by Crippen LogP contribution is -2.22. The number of fused-ring (bicyclic) bond motifs is 1. The van der Waals surface area contributed by atoms with Gasteiger partial charge in [0.25, 0.3) is 0 Å². The van der Waals surface area contributed by atoms with Crippen molar-refractivity contribution in [2.45, 2.75) is 52.1 Å². The predicted octanol–water partition coefficient (Wildman–Crippen LogP) is 3.12. The van der Waals surface area contributed by atoms with E-state index in [1.54, 1.807) is 16.0 Å². The van der Waals surface area contributed by atoms with Crippen LogP contribution >= 0.6 is 11.3 Å². The van der Waals surface area contributed by atoms with E-state index in [0.717, 1.165) is 6.54 Å². The molecule has 1 N–H and O–H groups in total. The molecule has 2 heteroatoms. The van der Waals surface area contributed by atoms with E-state index in [1.807, 2.05) is 11.3 Å². The lowest BCUT2D eigenvalue weighted by atomic mass is 9.96. The van der Waals surface area contributed by atoms with Gasteiger partial charge < -0.3 is 5.32 Å². The highest BCUT2D eigenvalue weighted by atomic mass is 32.1. The standard InChI is InChI=1S/C12H19NS/c1-9(2)13-7-10-8-14-12-6-4-3-5-11(10)12/h8-9,13H,3-7H2,1-2H3. The first-order valence-corrected chi connectivity index (χ1v) is 6.47. The van der Waals surface area contributed by atoms with Crippen molar-refractivity contribution in [3.63, 3.8) is 0 Å². The normalized spacial score (nSPS) is 15.9. The average molecular weight is 209 g/mol. The summed E-state index contributed by atoms with van der Waals surface area (Å²) >= 11 is 1.96. The summed E-state index contributed by atoms with van der Waals surface area (Å²) in [5.74, 6) is 0. The fraction of sp³-hybridized carbons (Fsp3) is 0.667. The Morgan fingerprint density at radius 2 is 2.14 bits per heavy atom. The molecule has 0 amide bonds. The number of thiophene rings is 1. The summed E-state index contributed by atoms with van der Waals surface area (Å²) < 4.78 is 0. The molecule has 2 rings (SSSR count). The third-order valence-corrected chi connectivity index (χ3v) is 3.99. The van der Waals surface area contributed by atoms with Gasteiger partial charge in [-0.2, -0.15) is 0 Å². The Hall–Kier alpha value is -0.340. The van der Waals surface area contributed by atoms with Crippen molar-refractivity contribution < 1.29 is 0 Å². The Kier molecular flexibility index (Phi) is 3.24. The van der Waals surface area contributed by atoms with E-state index in [1.165, 1.54) is 25.7 Å². The van der Waals surface area contributed by atoms with Gasteiger partial charge in [-0.3, -0.25) is 0 Å². The van der Waals surface area contributed by atoms with Gasteiger partial charge in [-0.1, -0.05) is 13.8 Å². The van der Waals surface area contributed by atoms with E-state index in [2.05, 4.69) is 24.5 Å². The molecule has 0 atom stereocenters. The van der Waals surface area contributed by atoms with Crippen LogP contribution in [-0.2, 0) is 19.4 Å². The molecule has 0 aliphatic heterocycles. The lowest BCUT2D eigenvalue weighted by molar-refractivity contribution is 0.583. The van der Waals surface area contributed by atoms with Crippen LogP contribution in [-0.4, -0.2) is 6.04 Å². The summed E-state index contributed by atoms with van der Waals surface area (Å²) in [7, 11) is 0. The van der Waals surface area contributed by atoms with Crippen molar-refractivity contribution in [2.75, 3.05) is 0 Å². The Morgan fingerprint density at radius 1 is 1.36 bits per heavy atom. The second-order valence-corrected chi connectivity index (χ2v) is 5.37. The summed E-state index contributed by atoms with van der Waals surface area (Å²) in [4.78, 5) is 1.65. The van der Waals surface area contributed by atoms with Gasteiger partial charge in [0.05, 0.1) is 0 Å². The molecule has 0 fully saturated rings. The van der Waals surface area contributed by atoms with E-state index < -0.39 is 0 Å². The van der Waals surface area contributed by atoms with Crippen LogP contribution in [0.3, 0.4) is 0 Å². The molecule has 78 valence electrons. The van der Waals surface area contributed by atoms with Crippen molar-refractivity contribution in [3.05, 3.63) is 21.4 Å². The minimum absolute atomic E-state index is 0.592. The number of nitrogens with one attached hydrogen (secondary N) is 1. The van der Waals surface area contributed by atoms with Crippen LogP contribution in [0.25, 0.3) is 0 Å². The van der Waals surface area contributed by atoms with Crippen LogP contribution in [0.4, 0.5) is 0 Å². The molecule has 1 nitrogen and oxygen atoms in total. The van der Waals surface area contributed by atoms with Crippen LogP contribution in [0.15, 0.2) is 5.38 Å². The third kappa shape index (κ3) is 2.18. The fourth-order valence-electron chi connectivity index (χ4n) is 2.02. The zero-order valence-electron chi connectivity index (χ0n) is 9.10. The van der Waals surface area contributed by atoms with Gasteiger partial charge in [0.2, 0.25) is 0 Å². The van der Waals surface area contributed by atoms with E-state index in [0.29, 0.717) is 6.04 Å². The highest BCUT2D eigenvalue weighted by Crippen LogP contribution is 2.30. The molecule has 14 heavy (non-hydrogen) atoms. The molecule has 1 aromatic heterocycles. The maximum absolute atomic E-state index is 3.50. The SMILES string of the molecule is CC(C)NCc1csc2c1CCCC2. The molecule has 0 saturated carbocycles. The van der Waals surface area contributed by atoms with Crippen molar-refractivity contribution in [1.29, 1.82) is 0 Å². The second kappa shape index (κ2) is 4.45. The topological polar surface area (TPSA) is 12.0 Å². The van der Waals surface area contributed by atoms with E-state index in [4.69, 9.17) is 0 Å². The maximum atomic E-state index is 3.50. The van der Waals surface area contributed by atoms with Crippen LogP contribution < -0.4 is 5.32 Å². The molecule has 0 saturated heterocycles. The molecule has 0 radical (unpaired) electrons. The number of rotatable bonds is 3. The molecular weight excluding hydrogens is 190 g/mol. The van der Waals surface area contributed by atoms with Gasteiger partial charge in [-0.25, -0.2) is 0 Å².